The summed E-state index contributed by atoms with van der Waals surface area (Å²) in [4.78, 5) is 0. The predicted molar refractivity (Wildman–Crippen MR) is 66.9 cm³/mol. The zero-order valence-electron chi connectivity index (χ0n) is 9.66. The van der Waals surface area contributed by atoms with Gasteiger partial charge in [-0.15, -0.1) is 0 Å². The van der Waals surface area contributed by atoms with E-state index in [0.717, 1.165) is 12.1 Å². The molecular formula is C14H8ClF2NO. The summed E-state index contributed by atoms with van der Waals surface area (Å²) in [5.41, 5.74) is 0.161. The van der Waals surface area contributed by atoms with Crippen molar-refractivity contribution in [2.24, 2.45) is 0 Å². The standard InChI is InChI=1S/C14H8ClF2NO/c15-12-6-10(5-4-9(12)7-18)19-8-11-13(16)2-1-3-14(11)17/h1-6H,8H2. The van der Waals surface area contributed by atoms with Gasteiger partial charge in [-0.05, 0) is 24.3 Å². The first kappa shape index (κ1) is 13.3. The summed E-state index contributed by atoms with van der Waals surface area (Å²) < 4.78 is 32.0. The van der Waals surface area contributed by atoms with Crippen LogP contribution in [0, 0.1) is 23.0 Å². The molecule has 0 amide bonds. The fourth-order valence-electron chi connectivity index (χ4n) is 1.50. The van der Waals surface area contributed by atoms with Crippen molar-refractivity contribution in [2.45, 2.75) is 6.61 Å². The van der Waals surface area contributed by atoms with Crippen LogP contribution in [0.5, 0.6) is 5.75 Å². The molecule has 5 heteroatoms. The van der Waals surface area contributed by atoms with Gasteiger partial charge < -0.3 is 4.74 Å². The average Bonchev–Trinajstić information content (AvgIpc) is 2.38. The van der Waals surface area contributed by atoms with E-state index in [0.29, 0.717) is 11.3 Å². The minimum atomic E-state index is -0.667. The van der Waals surface area contributed by atoms with Crippen molar-refractivity contribution in [1.29, 1.82) is 5.26 Å². The summed E-state index contributed by atoms with van der Waals surface area (Å²) in [6.45, 7) is -0.249. The first-order valence-electron chi connectivity index (χ1n) is 5.37. The highest BCUT2D eigenvalue weighted by Gasteiger charge is 2.09. The number of rotatable bonds is 3. The lowest BCUT2D eigenvalue weighted by Crippen LogP contribution is -2.01. The van der Waals surface area contributed by atoms with Crippen molar-refractivity contribution in [3.05, 3.63) is 64.2 Å². The van der Waals surface area contributed by atoms with Gasteiger partial charge in [-0.1, -0.05) is 17.7 Å². The maximum atomic E-state index is 13.4. The molecule has 0 heterocycles. The normalized spacial score (nSPS) is 10.0. The Labute approximate surface area is 113 Å². The van der Waals surface area contributed by atoms with Crippen molar-refractivity contribution in [1.82, 2.24) is 0 Å². The van der Waals surface area contributed by atoms with Crippen LogP contribution in [0.2, 0.25) is 5.02 Å². The molecule has 2 nitrogen and oxygen atoms in total. The number of nitrogens with zero attached hydrogens (tertiary/aromatic N) is 1. The third-order valence-corrected chi connectivity index (χ3v) is 2.82. The number of hydrogen-bond donors (Lipinski definition) is 0. The fraction of sp³-hybridized carbons (Fsp3) is 0.0714. The van der Waals surface area contributed by atoms with Gasteiger partial charge in [-0.2, -0.15) is 5.26 Å². The third-order valence-electron chi connectivity index (χ3n) is 2.51. The zero-order valence-corrected chi connectivity index (χ0v) is 10.4. The molecule has 0 unspecified atom stereocenters. The lowest BCUT2D eigenvalue weighted by Gasteiger charge is -2.08. The summed E-state index contributed by atoms with van der Waals surface area (Å²) >= 11 is 5.82. The molecule has 2 aromatic carbocycles. The molecule has 96 valence electrons. The Kier molecular flexibility index (Phi) is 3.98. The zero-order chi connectivity index (χ0) is 13.8. The third kappa shape index (κ3) is 3.01. The SMILES string of the molecule is N#Cc1ccc(OCc2c(F)cccc2F)cc1Cl. The van der Waals surface area contributed by atoms with Crippen LogP contribution in [0.1, 0.15) is 11.1 Å². The van der Waals surface area contributed by atoms with Gasteiger partial charge in [0, 0.05) is 6.07 Å². The van der Waals surface area contributed by atoms with Gasteiger partial charge in [-0.3, -0.25) is 0 Å². The molecule has 2 rings (SSSR count). The van der Waals surface area contributed by atoms with Crippen LogP contribution >= 0.6 is 11.6 Å². The molecular weight excluding hydrogens is 272 g/mol. The quantitative estimate of drug-likeness (QED) is 0.848. The Balaban J connectivity index is 2.15. The van der Waals surface area contributed by atoms with E-state index in [1.54, 1.807) is 0 Å². The van der Waals surface area contributed by atoms with Gasteiger partial charge in [0.05, 0.1) is 16.1 Å². The largest absolute Gasteiger partial charge is 0.489 e. The van der Waals surface area contributed by atoms with Gasteiger partial charge in [0.25, 0.3) is 0 Å². The van der Waals surface area contributed by atoms with Crippen molar-refractivity contribution >= 4 is 11.6 Å². The summed E-state index contributed by atoms with van der Waals surface area (Å²) in [7, 11) is 0. The van der Waals surface area contributed by atoms with Crippen LogP contribution in [0.3, 0.4) is 0 Å². The molecule has 0 aromatic heterocycles. The van der Waals surface area contributed by atoms with E-state index in [1.807, 2.05) is 6.07 Å². The molecule has 0 bridgehead atoms. The number of hydrogen-bond acceptors (Lipinski definition) is 2. The molecule has 0 aliphatic heterocycles. The minimum Gasteiger partial charge on any atom is -0.489 e. The highest BCUT2D eigenvalue weighted by Crippen LogP contribution is 2.23. The van der Waals surface area contributed by atoms with E-state index in [4.69, 9.17) is 21.6 Å². The minimum absolute atomic E-state index is 0.150. The Morgan fingerprint density at radius 1 is 1.16 bits per heavy atom. The van der Waals surface area contributed by atoms with E-state index >= 15 is 0 Å². The topological polar surface area (TPSA) is 33.0 Å². The fourth-order valence-corrected chi connectivity index (χ4v) is 1.71. The molecule has 0 aliphatic rings. The van der Waals surface area contributed by atoms with Gasteiger partial charge in [0.1, 0.15) is 30.1 Å². The predicted octanol–water partition coefficient (Wildman–Crippen LogP) is 4.07. The summed E-state index contributed by atoms with van der Waals surface area (Å²) in [5, 5.41) is 8.95. The highest BCUT2D eigenvalue weighted by molar-refractivity contribution is 6.31. The van der Waals surface area contributed by atoms with Crippen LogP contribution in [0.15, 0.2) is 36.4 Å². The van der Waals surface area contributed by atoms with E-state index in [-0.39, 0.29) is 17.2 Å². The summed E-state index contributed by atoms with van der Waals surface area (Å²) in [6.07, 6.45) is 0. The van der Waals surface area contributed by atoms with Gasteiger partial charge >= 0.3 is 0 Å². The second-order valence-corrected chi connectivity index (χ2v) is 4.15. The number of benzene rings is 2. The van der Waals surface area contributed by atoms with Crippen molar-refractivity contribution < 1.29 is 13.5 Å². The van der Waals surface area contributed by atoms with Crippen LogP contribution in [-0.2, 0) is 6.61 Å². The Hall–Kier alpha value is -2.12. The lowest BCUT2D eigenvalue weighted by atomic mass is 10.2. The second-order valence-electron chi connectivity index (χ2n) is 3.74. The smallest absolute Gasteiger partial charge is 0.132 e. The molecule has 0 saturated carbocycles. The van der Waals surface area contributed by atoms with E-state index in [2.05, 4.69) is 0 Å². The average molecular weight is 280 g/mol. The van der Waals surface area contributed by atoms with Gasteiger partial charge in [-0.25, -0.2) is 8.78 Å². The van der Waals surface area contributed by atoms with Crippen molar-refractivity contribution in [3.63, 3.8) is 0 Å². The van der Waals surface area contributed by atoms with Gasteiger partial charge in [0.15, 0.2) is 0 Å². The van der Waals surface area contributed by atoms with Crippen LogP contribution in [0.25, 0.3) is 0 Å². The molecule has 2 aromatic rings. The number of ether oxygens (including phenoxy) is 1. The van der Waals surface area contributed by atoms with Crippen molar-refractivity contribution in [3.8, 4) is 11.8 Å². The first-order valence-corrected chi connectivity index (χ1v) is 5.75. The van der Waals surface area contributed by atoms with Crippen LogP contribution in [-0.4, -0.2) is 0 Å². The molecule has 0 spiro atoms. The molecule has 0 N–H and O–H groups in total. The number of nitriles is 1. The summed E-state index contributed by atoms with van der Waals surface area (Å²) in [6, 6.07) is 9.94. The Morgan fingerprint density at radius 3 is 2.42 bits per heavy atom. The van der Waals surface area contributed by atoms with E-state index in [9.17, 15) is 8.78 Å². The van der Waals surface area contributed by atoms with Gasteiger partial charge in [0.2, 0.25) is 0 Å². The van der Waals surface area contributed by atoms with Crippen LogP contribution in [0.4, 0.5) is 8.78 Å². The molecule has 0 atom stereocenters. The monoisotopic (exact) mass is 279 g/mol. The number of halogens is 3. The van der Waals surface area contributed by atoms with E-state index in [1.165, 1.54) is 24.3 Å². The maximum Gasteiger partial charge on any atom is 0.132 e. The second kappa shape index (κ2) is 5.68. The first-order chi connectivity index (χ1) is 9.11. The lowest BCUT2D eigenvalue weighted by molar-refractivity contribution is 0.292. The molecule has 0 aliphatic carbocycles. The molecule has 0 radical (unpaired) electrons. The molecule has 0 fully saturated rings. The Bertz CT molecular complexity index is 632. The molecule has 19 heavy (non-hydrogen) atoms. The summed E-state index contributed by atoms with van der Waals surface area (Å²) in [5.74, 6) is -0.994. The van der Waals surface area contributed by atoms with E-state index < -0.39 is 11.6 Å². The Morgan fingerprint density at radius 2 is 1.84 bits per heavy atom. The molecule has 0 saturated heterocycles. The van der Waals surface area contributed by atoms with Crippen molar-refractivity contribution in [2.75, 3.05) is 0 Å². The maximum absolute atomic E-state index is 13.4. The van der Waals surface area contributed by atoms with Crippen LogP contribution < -0.4 is 4.74 Å². The highest BCUT2D eigenvalue weighted by atomic mass is 35.5.